The molecule has 0 spiro atoms. The molecule has 0 bridgehead atoms. The summed E-state index contributed by atoms with van der Waals surface area (Å²) in [5.74, 6) is -0.465. The van der Waals surface area contributed by atoms with Crippen LogP contribution in [0.5, 0.6) is 0 Å². The van der Waals surface area contributed by atoms with E-state index in [1.807, 2.05) is 5.38 Å². The summed E-state index contributed by atoms with van der Waals surface area (Å²) in [6.07, 6.45) is 0.636. The van der Waals surface area contributed by atoms with Crippen LogP contribution >= 0.6 is 11.3 Å². The van der Waals surface area contributed by atoms with Gasteiger partial charge >= 0.3 is 0 Å². The lowest BCUT2D eigenvalue weighted by atomic mass is 10.3. The molecule has 2 amide bonds. The second kappa shape index (κ2) is 5.63. The number of imide groups is 1. The van der Waals surface area contributed by atoms with Gasteiger partial charge in [0.2, 0.25) is 5.91 Å². The van der Waals surface area contributed by atoms with E-state index >= 15 is 0 Å². The van der Waals surface area contributed by atoms with Crippen molar-refractivity contribution in [2.75, 3.05) is 13.1 Å². The van der Waals surface area contributed by atoms with Crippen molar-refractivity contribution in [3.8, 4) is 0 Å². The van der Waals surface area contributed by atoms with Gasteiger partial charge < -0.3 is 5.73 Å². The molecule has 5 heteroatoms. The maximum absolute atomic E-state index is 11.8. The molecular weight excluding hydrogens is 212 g/mol. The molecule has 1 aromatic heterocycles. The van der Waals surface area contributed by atoms with E-state index < -0.39 is 0 Å². The Balaban J connectivity index is 2.72. The minimum atomic E-state index is -0.234. The van der Waals surface area contributed by atoms with Crippen LogP contribution in [0.1, 0.15) is 23.0 Å². The number of nitrogens with zero attached hydrogens (tertiary/aromatic N) is 1. The Bertz CT molecular complexity index is 335. The Labute approximate surface area is 92.7 Å². The van der Waals surface area contributed by atoms with E-state index in [0.29, 0.717) is 24.4 Å². The summed E-state index contributed by atoms with van der Waals surface area (Å²) in [6.45, 7) is 2.26. The predicted octanol–water partition coefficient (Wildman–Crippen LogP) is 1.09. The standard InChI is InChI=1S/C10H14N2O2S/c1-8(13)12(6-3-5-11)10(14)9-4-2-7-15-9/h2,4,7H,3,5-6,11H2,1H3. The highest BCUT2D eigenvalue weighted by atomic mass is 32.1. The van der Waals surface area contributed by atoms with E-state index in [4.69, 9.17) is 5.73 Å². The van der Waals surface area contributed by atoms with Crippen molar-refractivity contribution in [1.29, 1.82) is 0 Å². The summed E-state index contributed by atoms with van der Waals surface area (Å²) < 4.78 is 0. The topological polar surface area (TPSA) is 63.4 Å². The first-order valence-corrected chi connectivity index (χ1v) is 5.60. The molecule has 0 saturated carbocycles. The summed E-state index contributed by atoms with van der Waals surface area (Å²) in [7, 11) is 0. The van der Waals surface area contributed by atoms with Crippen molar-refractivity contribution in [3.63, 3.8) is 0 Å². The van der Waals surface area contributed by atoms with Gasteiger partial charge in [0.15, 0.2) is 0 Å². The van der Waals surface area contributed by atoms with E-state index in [-0.39, 0.29) is 11.8 Å². The molecule has 0 aliphatic heterocycles. The fraction of sp³-hybridized carbons (Fsp3) is 0.400. The minimum Gasteiger partial charge on any atom is -0.330 e. The third-order valence-electron chi connectivity index (χ3n) is 1.94. The number of thiophene rings is 1. The molecule has 1 heterocycles. The van der Waals surface area contributed by atoms with Crippen molar-refractivity contribution in [3.05, 3.63) is 22.4 Å². The fourth-order valence-electron chi connectivity index (χ4n) is 1.18. The van der Waals surface area contributed by atoms with Gasteiger partial charge in [0.05, 0.1) is 4.88 Å². The summed E-state index contributed by atoms with van der Waals surface area (Å²) >= 11 is 1.34. The first-order valence-electron chi connectivity index (χ1n) is 4.73. The molecule has 0 radical (unpaired) electrons. The lowest BCUT2D eigenvalue weighted by molar-refractivity contribution is -0.126. The third kappa shape index (κ3) is 3.14. The lowest BCUT2D eigenvalue weighted by Crippen LogP contribution is -2.36. The molecule has 0 fully saturated rings. The highest BCUT2D eigenvalue weighted by molar-refractivity contribution is 7.12. The van der Waals surface area contributed by atoms with E-state index in [9.17, 15) is 9.59 Å². The SMILES string of the molecule is CC(=O)N(CCCN)C(=O)c1cccs1. The molecule has 0 aliphatic carbocycles. The Morgan fingerprint density at radius 3 is 2.73 bits per heavy atom. The first kappa shape index (κ1) is 11.9. The molecule has 0 atom stereocenters. The molecule has 1 aromatic rings. The van der Waals surface area contributed by atoms with Gasteiger partial charge in [0.1, 0.15) is 0 Å². The normalized spacial score (nSPS) is 10.0. The van der Waals surface area contributed by atoms with Gasteiger partial charge in [-0.1, -0.05) is 6.07 Å². The molecule has 1 rings (SSSR count). The highest BCUT2D eigenvalue weighted by Crippen LogP contribution is 2.12. The van der Waals surface area contributed by atoms with Gasteiger partial charge in [-0.05, 0) is 24.4 Å². The number of hydrogen-bond acceptors (Lipinski definition) is 4. The average molecular weight is 226 g/mol. The van der Waals surface area contributed by atoms with Crippen LogP contribution in [0.15, 0.2) is 17.5 Å². The average Bonchev–Trinajstić information content (AvgIpc) is 2.70. The van der Waals surface area contributed by atoms with Crippen molar-refractivity contribution >= 4 is 23.2 Å². The Morgan fingerprint density at radius 2 is 2.27 bits per heavy atom. The van der Waals surface area contributed by atoms with Crippen molar-refractivity contribution in [2.24, 2.45) is 5.73 Å². The van der Waals surface area contributed by atoms with Crippen molar-refractivity contribution in [1.82, 2.24) is 4.90 Å². The molecule has 15 heavy (non-hydrogen) atoms. The zero-order chi connectivity index (χ0) is 11.3. The molecule has 0 aromatic carbocycles. The molecule has 4 nitrogen and oxygen atoms in total. The van der Waals surface area contributed by atoms with Crippen molar-refractivity contribution < 1.29 is 9.59 Å². The molecule has 2 N–H and O–H groups in total. The van der Waals surface area contributed by atoms with Crippen LogP contribution in [0.4, 0.5) is 0 Å². The number of carbonyl (C=O) groups is 2. The fourth-order valence-corrected chi connectivity index (χ4v) is 1.86. The van der Waals surface area contributed by atoms with Crippen LogP contribution in [-0.4, -0.2) is 29.8 Å². The van der Waals surface area contributed by atoms with E-state index in [2.05, 4.69) is 0 Å². The zero-order valence-electron chi connectivity index (χ0n) is 8.60. The summed E-state index contributed by atoms with van der Waals surface area (Å²) in [5, 5.41) is 1.81. The number of nitrogens with two attached hydrogens (primary N) is 1. The monoisotopic (exact) mass is 226 g/mol. The van der Waals surface area contributed by atoms with Gasteiger partial charge in [0, 0.05) is 13.5 Å². The summed E-state index contributed by atoms with van der Waals surface area (Å²) in [5.41, 5.74) is 5.35. The largest absolute Gasteiger partial charge is 0.330 e. The number of hydrogen-bond donors (Lipinski definition) is 1. The molecular formula is C10H14N2O2S. The summed E-state index contributed by atoms with van der Waals surface area (Å²) in [4.78, 5) is 24.9. The van der Waals surface area contributed by atoms with Gasteiger partial charge in [-0.15, -0.1) is 11.3 Å². The highest BCUT2D eigenvalue weighted by Gasteiger charge is 2.19. The maximum atomic E-state index is 11.8. The van der Waals surface area contributed by atoms with Gasteiger partial charge in [0.25, 0.3) is 5.91 Å². The van der Waals surface area contributed by atoms with Crippen LogP contribution < -0.4 is 5.73 Å². The van der Waals surface area contributed by atoms with Crippen LogP contribution in [0.3, 0.4) is 0 Å². The molecule has 82 valence electrons. The summed E-state index contributed by atoms with van der Waals surface area (Å²) in [6, 6.07) is 3.50. The number of rotatable bonds is 4. The van der Waals surface area contributed by atoms with Gasteiger partial charge in [-0.25, -0.2) is 0 Å². The predicted molar refractivity (Wildman–Crippen MR) is 59.7 cm³/mol. The van der Waals surface area contributed by atoms with E-state index in [1.54, 1.807) is 12.1 Å². The molecule has 0 aliphatic rings. The number of carbonyl (C=O) groups excluding carboxylic acids is 2. The quantitative estimate of drug-likeness (QED) is 0.835. The first-order chi connectivity index (χ1) is 7.16. The van der Waals surface area contributed by atoms with Crippen LogP contribution in [0.2, 0.25) is 0 Å². The zero-order valence-corrected chi connectivity index (χ0v) is 9.42. The second-order valence-electron chi connectivity index (χ2n) is 3.10. The minimum absolute atomic E-state index is 0.231. The Hall–Kier alpha value is -1.20. The van der Waals surface area contributed by atoms with E-state index in [0.717, 1.165) is 0 Å². The second-order valence-corrected chi connectivity index (χ2v) is 4.04. The van der Waals surface area contributed by atoms with E-state index in [1.165, 1.54) is 23.2 Å². The third-order valence-corrected chi connectivity index (χ3v) is 2.80. The van der Waals surface area contributed by atoms with Crippen molar-refractivity contribution in [2.45, 2.75) is 13.3 Å². The smallest absolute Gasteiger partial charge is 0.270 e. The van der Waals surface area contributed by atoms with Gasteiger partial charge in [-0.3, -0.25) is 14.5 Å². The molecule has 0 unspecified atom stereocenters. The maximum Gasteiger partial charge on any atom is 0.270 e. The van der Waals surface area contributed by atoms with Crippen LogP contribution in [0, 0.1) is 0 Å². The van der Waals surface area contributed by atoms with Crippen LogP contribution in [0.25, 0.3) is 0 Å². The Kier molecular flexibility index (Phi) is 4.45. The van der Waals surface area contributed by atoms with Crippen LogP contribution in [-0.2, 0) is 4.79 Å². The van der Waals surface area contributed by atoms with Gasteiger partial charge in [-0.2, -0.15) is 0 Å². The lowest BCUT2D eigenvalue weighted by Gasteiger charge is -2.17. The molecule has 0 saturated heterocycles. The number of amides is 2. The Morgan fingerprint density at radius 1 is 1.53 bits per heavy atom.